The van der Waals surface area contributed by atoms with E-state index in [1.807, 2.05) is 38.1 Å². The second kappa shape index (κ2) is 6.55. The van der Waals surface area contributed by atoms with Crippen molar-refractivity contribution in [1.29, 1.82) is 0 Å². The molecule has 0 aliphatic carbocycles. The van der Waals surface area contributed by atoms with Crippen LogP contribution in [0.1, 0.15) is 37.3 Å². The molecule has 1 fully saturated rings. The van der Waals surface area contributed by atoms with Crippen molar-refractivity contribution in [3.8, 4) is 0 Å². The Balaban J connectivity index is 2.10. The number of carbonyl (C=O) groups excluding carboxylic acids is 2. The zero-order valence-electron chi connectivity index (χ0n) is 12.2. The minimum absolute atomic E-state index is 0.0248. The van der Waals surface area contributed by atoms with Gasteiger partial charge in [-0.25, -0.2) is 0 Å². The van der Waals surface area contributed by atoms with E-state index in [-0.39, 0.29) is 17.9 Å². The molecule has 4 nitrogen and oxygen atoms in total. The SMILES string of the molecule is CCCC1NC(=O)CCN(Cc2ccc(C)cc2)C1=O. The standard InChI is InChI=1S/C16H22N2O2/c1-3-4-14-16(20)18(10-9-15(19)17-14)11-13-7-5-12(2)6-8-13/h5-8,14H,3-4,9-11H2,1-2H3,(H,17,19). The van der Waals surface area contributed by atoms with Crippen LogP contribution in [0.25, 0.3) is 0 Å². The summed E-state index contributed by atoms with van der Waals surface area (Å²) in [5, 5.41) is 2.82. The molecule has 0 spiro atoms. The first-order valence-electron chi connectivity index (χ1n) is 7.24. The predicted molar refractivity (Wildman–Crippen MR) is 78.1 cm³/mol. The lowest BCUT2D eigenvalue weighted by Gasteiger charge is -2.24. The highest BCUT2D eigenvalue weighted by atomic mass is 16.2. The minimum atomic E-state index is -0.361. The van der Waals surface area contributed by atoms with Crippen LogP contribution in [0.3, 0.4) is 0 Å². The van der Waals surface area contributed by atoms with Crippen molar-refractivity contribution in [1.82, 2.24) is 10.2 Å². The lowest BCUT2D eigenvalue weighted by Crippen LogP contribution is -2.44. The Hall–Kier alpha value is -1.84. The van der Waals surface area contributed by atoms with Gasteiger partial charge in [0.05, 0.1) is 0 Å². The van der Waals surface area contributed by atoms with Crippen LogP contribution >= 0.6 is 0 Å². The summed E-state index contributed by atoms with van der Waals surface area (Å²) in [5.74, 6) is 0.0153. The number of hydrogen-bond acceptors (Lipinski definition) is 2. The van der Waals surface area contributed by atoms with E-state index in [1.54, 1.807) is 4.90 Å². The number of carbonyl (C=O) groups is 2. The number of amides is 2. The number of nitrogens with zero attached hydrogens (tertiary/aromatic N) is 1. The van der Waals surface area contributed by atoms with Crippen molar-refractivity contribution in [2.24, 2.45) is 0 Å². The zero-order valence-corrected chi connectivity index (χ0v) is 12.2. The summed E-state index contributed by atoms with van der Waals surface area (Å²) < 4.78 is 0. The Morgan fingerprint density at radius 1 is 1.25 bits per heavy atom. The number of benzene rings is 1. The van der Waals surface area contributed by atoms with Gasteiger partial charge in [-0.15, -0.1) is 0 Å². The fourth-order valence-corrected chi connectivity index (χ4v) is 2.45. The fourth-order valence-electron chi connectivity index (χ4n) is 2.45. The Morgan fingerprint density at radius 2 is 1.95 bits per heavy atom. The Bertz CT molecular complexity index is 482. The van der Waals surface area contributed by atoms with E-state index in [0.29, 0.717) is 25.9 Å². The molecule has 2 amide bonds. The second-order valence-corrected chi connectivity index (χ2v) is 5.40. The van der Waals surface area contributed by atoms with Crippen LogP contribution in [0.4, 0.5) is 0 Å². The third-order valence-corrected chi connectivity index (χ3v) is 3.63. The van der Waals surface area contributed by atoms with E-state index in [4.69, 9.17) is 0 Å². The van der Waals surface area contributed by atoms with Crippen LogP contribution in [-0.4, -0.2) is 29.3 Å². The van der Waals surface area contributed by atoms with Gasteiger partial charge in [-0.1, -0.05) is 43.2 Å². The van der Waals surface area contributed by atoms with Gasteiger partial charge in [0, 0.05) is 19.5 Å². The van der Waals surface area contributed by atoms with E-state index < -0.39 is 0 Å². The summed E-state index contributed by atoms with van der Waals surface area (Å²) in [7, 11) is 0. The van der Waals surface area contributed by atoms with Crippen LogP contribution in [0.15, 0.2) is 24.3 Å². The van der Waals surface area contributed by atoms with Gasteiger partial charge < -0.3 is 10.2 Å². The quantitative estimate of drug-likeness (QED) is 0.913. The molecule has 0 radical (unpaired) electrons. The molecule has 1 N–H and O–H groups in total. The average molecular weight is 274 g/mol. The van der Waals surface area contributed by atoms with Gasteiger partial charge in [0.2, 0.25) is 11.8 Å². The van der Waals surface area contributed by atoms with Gasteiger partial charge in [-0.3, -0.25) is 9.59 Å². The average Bonchev–Trinajstić information content (AvgIpc) is 2.55. The van der Waals surface area contributed by atoms with E-state index >= 15 is 0 Å². The molecule has 1 aliphatic rings. The molecule has 0 aromatic heterocycles. The molecule has 108 valence electrons. The van der Waals surface area contributed by atoms with Gasteiger partial charge in [0.25, 0.3) is 0 Å². The van der Waals surface area contributed by atoms with E-state index in [0.717, 1.165) is 12.0 Å². The first-order valence-corrected chi connectivity index (χ1v) is 7.24. The molecule has 1 aromatic rings. The van der Waals surface area contributed by atoms with Crippen LogP contribution in [0, 0.1) is 6.92 Å². The van der Waals surface area contributed by atoms with Crippen molar-refractivity contribution >= 4 is 11.8 Å². The maximum atomic E-state index is 12.5. The third kappa shape index (κ3) is 3.59. The molecule has 0 saturated carbocycles. The largest absolute Gasteiger partial charge is 0.344 e. The van der Waals surface area contributed by atoms with Crippen molar-refractivity contribution in [3.05, 3.63) is 35.4 Å². The highest BCUT2D eigenvalue weighted by molar-refractivity contribution is 5.89. The molecule has 1 unspecified atom stereocenters. The van der Waals surface area contributed by atoms with Crippen molar-refractivity contribution in [3.63, 3.8) is 0 Å². The van der Waals surface area contributed by atoms with E-state index in [2.05, 4.69) is 5.32 Å². The van der Waals surface area contributed by atoms with Gasteiger partial charge >= 0.3 is 0 Å². The van der Waals surface area contributed by atoms with Gasteiger partial charge in [0.15, 0.2) is 0 Å². The molecule has 1 aliphatic heterocycles. The van der Waals surface area contributed by atoms with Crippen LogP contribution < -0.4 is 5.32 Å². The number of hydrogen-bond donors (Lipinski definition) is 1. The first kappa shape index (κ1) is 14.6. The lowest BCUT2D eigenvalue weighted by atomic mass is 10.1. The molecular weight excluding hydrogens is 252 g/mol. The number of nitrogens with one attached hydrogen (secondary N) is 1. The van der Waals surface area contributed by atoms with Crippen LogP contribution in [0.2, 0.25) is 0 Å². The smallest absolute Gasteiger partial charge is 0.245 e. The summed E-state index contributed by atoms with van der Waals surface area (Å²) in [6.07, 6.45) is 1.97. The monoisotopic (exact) mass is 274 g/mol. The number of aryl methyl sites for hydroxylation is 1. The highest BCUT2D eigenvalue weighted by Crippen LogP contribution is 2.13. The molecule has 0 bridgehead atoms. The molecule has 2 rings (SSSR count). The maximum Gasteiger partial charge on any atom is 0.245 e. The Kier molecular flexibility index (Phi) is 4.77. The summed E-state index contributed by atoms with van der Waals surface area (Å²) in [5.41, 5.74) is 2.31. The van der Waals surface area contributed by atoms with Crippen molar-refractivity contribution in [2.45, 2.75) is 45.7 Å². The maximum absolute atomic E-state index is 12.5. The predicted octanol–water partition coefficient (Wildman–Crippen LogP) is 2.01. The third-order valence-electron chi connectivity index (χ3n) is 3.63. The van der Waals surface area contributed by atoms with Gasteiger partial charge in [-0.2, -0.15) is 0 Å². The van der Waals surface area contributed by atoms with Crippen molar-refractivity contribution < 1.29 is 9.59 Å². The molecular formula is C16H22N2O2. The molecule has 1 atom stereocenters. The number of rotatable bonds is 4. The first-order chi connectivity index (χ1) is 9.60. The summed E-state index contributed by atoms with van der Waals surface area (Å²) in [6.45, 7) is 5.14. The molecule has 20 heavy (non-hydrogen) atoms. The fraction of sp³-hybridized carbons (Fsp3) is 0.500. The minimum Gasteiger partial charge on any atom is -0.344 e. The lowest BCUT2D eigenvalue weighted by molar-refractivity contribution is -0.134. The topological polar surface area (TPSA) is 49.4 Å². The molecule has 1 aromatic carbocycles. The highest BCUT2D eigenvalue weighted by Gasteiger charge is 2.28. The normalized spacial score (nSPS) is 19.7. The molecule has 1 heterocycles. The molecule has 4 heteroatoms. The summed E-state index contributed by atoms with van der Waals surface area (Å²) in [6, 6.07) is 7.81. The van der Waals surface area contributed by atoms with Gasteiger partial charge in [-0.05, 0) is 18.9 Å². The van der Waals surface area contributed by atoms with E-state index in [9.17, 15) is 9.59 Å². The summed E-state index contributed by atoms with van der Waals surface area (Å²) >= 11 is 0. The van der Waals surface area contributed by atoms with Gasteiger partial charge in [0.1, 0.15) is 6.04 Å². The second-order valence-electron chi connectivity index (χ2n) is 5.40. The van der Waals surface area contributed by atoms with E-state index in [1.165, 1.54) is 5.56 Å². The van der Waals surface area contributed by atoms with Crippen LogP contribution in [-0.2, 0) is 16.1 Å². The Morgan fingerprint density at radius 3 is 2.60 bits per heavy atom. The van der Waals surface area contributed by atoms with Crippen molar-refractivity contribution in [2.75, 3.05) is 6.54 Å². The zero-order chi connectivity index (χ0) is 14.5. The summed E-state index contributed by atoms with van der Waals surface area (Å²) in [4.78, 5) is 25.9. The Labute approximate surface area is 120 Å². The molecule has 1 saturated heterocycles. The van der Waals surface area contributed by atoms with Crippen LogP contribution in [0.5, 0.6) is 0 Å².